The maximum absolute atomic E-state index is 14.5. The molecule has 11 heteroatoms. The highest BCUT2D eigenvalue weighted by Crippen LogP contribution is 2.38. The van der Waals surface area contributed by atoms with Crippen molar-refractivity contribution in [1.29, 1.82) is 0 Å². The van der Waals surface area contributed by atoms with Crippen LogP contribution in [0, 0.1) is 11.6 Å². The molecule has 1 saturated heterocycles. The van der Waals surface area contributed by atoms with Gasteiger partial charge in [-0.05, 0) is 61.4 Å². The van der Waals surface area contributed by atoms with E-state index >= 15 is 0 Å². The van der Waals surface area contributed by atoms with Gasteiger partial charge in [-0.15, -0.1) is 10.2 Å². The first-order valence-electron chi connectivity index (χ1n) is 11.3. The van der Waals surface area contributed by atoms with Gasteiger partial charge in [-0.25, -0.2) is 13.3 Å². The first-order chi connectivity index (χ1) is 17.5. The molecule has 0 aliphatic carbocycles. The summed E-state index contributed by atoms with van der Waals surface area (Å²) in [5.74, 6) is -1.28. The van der Waals surface area contributed by atoms with Crippen molar-refractivity contribution in [2.24, 2.45) is 0 Å². The summed E-state index contributed by atoms with van der Waals surface area (Å²) < 4.78 is 29.9. The van der Waals surface area contributed by atoms with Crippen LogP contribution in [-0.2, 0) is 0 Å². The number of pyridine rings is 2. The van der Waals surface area contributed by atoms with E-state index in [1.165, 1.54) is 23.5 Å². The summed E-state index contributed by atoms with van der Waals surface area (Å²) in [6, 6.07) is 12.4. The summed E-state index contributed by atoms with van der Waals surface area (Å²) in [5, 5.41) is 16.3. The molecule has 0 radical (unpaired) electrons. The lowest BCUT2D eigenvalue weighted by Gasteiger charge is -2.27. The van der Waals surface area contributed by atoms with Crippen LogP contribution in [0.3, 0.4) is 0 Å². The lowest BCUT2D eigenvalue weighted by molar-refractivity contribution is 0.102. The van der Waals surface area contributed by atoms with E-state index in [1.807, 2.05) is 18.2 Å². The van der Waals surface area contributed by atoms with Gasteiger partial charge in [-0.1, -0.05) is 11.3 Å². The van der Waals surface area contributed by atoms with Gasteiger partial charge in [-0.3, -0.25) is 15.1 Å². The van der Waals surface area contributed by atoms with Crippen molar-refractivity contribution in [3.05, 3.63) is 90.0 Å². The van der Waals surface area contributed by atoms with Crippen molar-refractivity contribution in [2.75, 3.05) is 16.8 Å². The number of aromatic nitrogens is 5. The first-order valence-corrected chi connectivity index (χ1v) is 12.1. The third kappa shape index (κ3) is 4.17. The highest BCUT2D eigenvalue weighted by Gasteiger charge is 2.29. The van der Waals surface area contributed by atoms with E-state index in [1.54, 1.807) is 35.2 Å². The number of anilines is 2. The Labute approximate surface area is 208 Å². The summed E-state index contributed by atoms with van der Waals surface area (Å²) in [6.07, 6.45) is 6.69. The molecular formula is C25H19F2N7OS. The fourth-order valence-electron chi connectivity index (χ4n) is 4.48. The molecule has 5 heterocycles. The van der Waals surface area contributed by atoms with E-state index in [2.05, 4.69) is 30.5 Å². The number of amides is 1. The normalized spacial score (nSPS) is 15.5. The van der Waals surface area contributed by atoms with E-state index < -0.39 is 17.5 Å². The zero-order chi connectivity index (χ0) is 24.6. The molecule has 1 N–H and O–H groups in total. The lowest BCUT2D eigenvalue weighted by Crippen LogP contribution is -2.23. The molecule has 8 nitrogen and oxygen atoms in total. The summed E-state index contributed by atoms with van der Waals surface area (Å²) in [4.78, 5) is 19.0. The number of fused-ring (bicyclic) bond motifs is 1. The van der Waals surface area contributed by atoms with Crippen molar-refractivity contribution < 1.29 is 13.6 Å². The van der Waals surface area contributed by atoms with Crippen LogP contribution < -0.4 is 10.2 Å². The molecule has 1 aromatic carbocycles. The van der Waals surface area contributed by atoms with E-state index in [0.29, 0.717) is 27.8 Å². The van der Waals surface area contributed by atoms with Crippen LogP contribution in [-0.4, -0.2) is 37.2 Å². The zero-order valence-corrected chi connectivity index (χ0v) is 19.6. The van der Waals surface area contributed by atoms with Gasteiger partial charge in [0.15, 0.2) is 10.7 Å². The minimum Gasteiger partial charge on any atom is -0.364 e. The maximum Gasteiger partial charge on any atom is 0.278 e. The quantitative estimate of drug-likeness (QED) is 0.358. The molecule has 1 fully saturated rings. The molecule has 0 bridgehead atoms. The van der Waals surface area contributed by atoms with Gasteiger partial charge in [0.05, 0.1) is 11.6 Å². The third-order valence-electron chi connectivity index (χ3n) is 6.13. The first kappa shape index (κ1) is 22.2. The molecule has 5 aromatic rings. The van der Waals surface area contributed by atoms with Gasteiger partial charge in [-0.2, -0.15) is 5.10 Å². The lowest BCUT2D eigenvalue weighted by atomic mass is 10.0. The van der Waals surface area contributed by atoms with Gasteiger partial charge >= 0.3 is 0 Å². The van der Waals surface area contributed by atoms with Crippen molar-refractivity contribution in [3.63, 3.8) is 0 Å². The second-order valence-corrected chi connectivity index (χ2v) is 9.39. The predicted octanol–water partition coefficient (Wildman–Crippen LogP) is 5.12. The number of halogens is 2. The Bertz CT molecular complexity index is 1570. The van der Waals surface area contributed by atoms with E-state index in [4.69, 9.17) is 0 Å². The standard InChI is InChI=1S/C25H19F2N7OS/c26-16-5-6-20(27)19(11-16)22-4-2-9-33(22)17-7-10-34-18(12-17)13-21(32-34)23(35)29-25-31-30-24(36-25)15-3-1-8-28-14-15/h1,3,5-8,10-14,22H,2,4,9H2,(H,29,31,35). The molecule has 1 atom stereocenters. The van der Waals surface area contributed by atoms with Crippen LogP contribution >= 0.6 is 11.3 Å². The number of hydrogen-bond acceptors (Lipinski definition) is 7. The Morgan fingerprint density at radius 3 is 2.89 bits per heavy atom. The van der Waals surface area contributed by atoms with Gasteiger partial charge in [0, 0.05) is 41.9 Å². The average molecular weight is 504 g/mol. The van der Waals surface area contributed by atoms with Crippen LogP contribution in [0.2, 0.25) is 0 Å². The molecule has 0 spiro atoms. The van der Waals surface area contributed by atoms with Gasteiger partial charge in [0.1, 0.15) is 11.6 Å². The Morgan fingerprint density at radius 2 is 2.03 bits per heavy atom. The number of benzene rings is 1. The minimum absolute atomic E-state index is 0.222. The minimum atomic E-state index is -0.455. The van der Waals surface area contributed by atoms with Crippen LogP contribution in [0.4, 0.5) is 19.6 Å². The predicted molar refractivity (Wildman–Crippen MR) is 132 cm³/mol. The number of hydrogen-bond donors (Lipinski definition) is 1. The van der Waals surface area contributed by atoms with Gasteiger partial charge in [0.25, 0.3) is 5.91 Å². The van der Waals surface area contributed by atoms with Crippen LogP contribution in [0.25, 0.3) is 16.1 Å². The SMILES string of the molecule is O=C(Nc1nnc(-c2cccnc2)s1)c1cc2cc(N3CCCC3c3cc(F)ccc3F)ccn2n1. The molecule has 180 valence electrons. The number of carbonyl (C=O) groups excluding carboxylic acids is 1. The Hall–Kier alpha value is -4.25. The molecule has 1 aliphatic heterocycles. The smallest absolute Gasteiger partial charge is 0.278 e. The summed E-state index contributed by atoms with van der Waals surface area (Å²) >= 11 is 1.24. The third-order valence-corrected chi connectivity index (χ3v) is 7.02. The Kier molecular flexibility index (Phi) is 5.61. The molecule has 1 amide bonds. The number of nitrogens with one attached hydrogen (secondary N) is 1. The summed E-state index contributed by atoms with van der Waals surface area (Å²) in [5.41, 5.74) is 2.94. The fraction of sp³-hybridized carbons (Fsp3) is 0.160. The van der Waals surface area contributed by atoms with Crippen LogP contribution in [0.15, 0.2) is 67.1 Å². The van der Waals surface area contributed by atoms with Crippen molar-refractivity contribution in [2.45, 2.75) is 18.9 Å². The van der Waals surface area contributed by atoms with E-state index in [0.717, 1.165) is 30.2 Å². The molecule has 0 saturated carbocycles. The second-order valence-electron chi connectivity index (χ2n) is 8.41. The molecular weight excluding hydrogens is 484 g/mol. The van der Waals surface area contributed by atoms with Crippen molar-refractivity contribution in [1.82, 2.24) is 24.8 Å². The largest absolute Gasteiger partial charge is 0.364 e. The van der Waals surface area contributed by atoms with Crippen molar-refractivity contribution in [3.8, 4) is 10.6 Å². The topological polar surface area (TPSA) is 88.3 Å². The second kappa shape index (κ2) is 9.08. The summed E-state index contributed by atoms with van der Waals surface area (Å²) in [6.45, 7) is 0.717. The molecule has 36 heavy (non-hydrogen) atoms. The van der Waals surface area contributed by atoms with Gasteiger partial charge in [0.2, 0.25) is 5.13 Å². The molecule has 6 rings (SSSR count). The highest BCUT2D eigenvalue weighted by atomic mass is 32.1. The number of carbonyl (C=O) groups is 1. The summed E-state index contributed by atoms with van der Waals surface area (Å²) in [7, 11) is 0. The monoisotopic (exact) mass is 503 g/mol. The molecule has 4 aromatic heterocycles. The highest BCUT2D eigenvalue weighted by molar-refractivity contribution is 7.18. The van der Waals surface area contributed by atoms with Crippen molar-refractivity contribution >= 4 is 33.6 Å². The zero-order valence-electron chi connectivity index (χ0n) is 18.8. The van der Waals surface area contributed by atoms with Crippen LogP contribution in [0.1, 0.15) is 34.9 Å². The molecule has 1 aliphatic rings. The average Bonchev–Trinajstić information content (AvgIpc) is 3.65. The maximum atomic E-state index is 14.5. The molecule has 1 unspecified atom stereocenters. The van der Waals surface area contributed by atoms with Crippen LogP contribution in [0.5, 0.6) is 0 Å². The van der Waals surface area contributed by atoms with Gasteiger partial charge < -0.3 is 4.90 Å². The number of nitrogens with zero attached hydrogens (tertiary/aromatic N) is 6. The number of rotatable bonds is 5. The fourth-order valence-corrected chi connectivity index (χ4v) is 5.21. The Morgan fingerprint density at radius 1 is 1.11 bits per heavy atom. The van der Waals surface area contributed by atoms with E-state index in [9.17, 15) is 13.6 Å². The Balaban J connectivity index is 1.23. The van der Waals surface area contributed by atoms with E-state index in [-0.39, 0.29) is 11.7 Å².